The second kappa shape index (κ2) is 11.0. The highest BCUT2D eigenvalue weighted by Gasteiger charge is 2.22. The third kappa shape index (κ3) is 6.31. The normalized spacial score (nSPS) is 14.4. The fourth-order valence-electron chi connectivity index (χ4n) is 3.96. The lowest BCUT2D eigenvalue weighted by Gasteiger charge is -2.34. The van der Waals surface area contributed by atoms with Crippen molar-refractivity contribution >= 4 is 17.5 Å². The zero-order chi connectivity index (χ0) is 22.2. The molecule has 1 saturated heterocycles. The van der Waals surface area contributed by atoms with Gasteiger partial charge in [-0.15, -0.1) is 0 Å². The lowest BCUT2D eigenvalue weighted by Crippen LogP contribution is -2.50. The zero-order valence-corrected chi connectivity index (χ0v) is 18.8. The second-order valence-electron chi connectivity index (χ2n) is 8.01. The van der Waals surface area contributed by atoms with Crippen LogP contribution in [0.2, 0.25) is 0 Å². The molecule has 6 nitrogen and oxygen atoms in total. The Balaban J connectivity index is 1.44. The lowest BCUT2D eigenvalue weighted by atomic mass is 10.1. The van der Waals surface area contributed by atoms with Gasteiger partial charge in [0.05, 0.1) is 13.2 Å². The number of amides is 2. The number of ether oxygens (including phenoxy) is 1. The zero-order valence-electron chi connectivity index (χ0n) is 18.8. The Morgan fingerprint density at radius 1 is 0.968 bits per heavy atom. The summed E-state index contributed by atoms with van der Waals surface area (Å²) < 4.78 is 5.65. The molecule has 2 amide bonds. The average molecular weight is 424 g/mol. The maximum Gasteiger partial charge on any atom is 0.238 e. The molecule has 1 aliphatic rings. The summed E-state index contributed by atoms with van der Waals surface area (Å²) in [6, 6.07) is 13.9. The van der Waals surface area contributed by atoms with Crippen LogP contribution in [0, 0.1) is 13.8 Å². The number of anilines is 1. The molecule has 0 radical (unpaired) electrons. The maximum absolute atomic E-state index is 12.7. The SMILES string of the molecule is CCOc1ccccc1CCC(=O)N1CCN(CC(=O)Nc2c(C)cccc2C)CC1. The molecule has 1 fully saturated rings. The molecule has 0 bridgehead atoms. The monoisotopic (exact) mass is 423 g/mol. The summed E-state index contributed by atoms with van der Waals surface area (Å²) in [6.45, 7) is 9.65. The predicted octanol–water partition coefficient (Wildman–Crippen LogP) is 3.42. The van der Waals surface area contributed by atoms with Gasteiger partial charge >= 0.3 is 0 Å². The van der Waals surface area contributed by atoms with Crippen LogP contribution in [0.5, 0.6) is 5.75 Å². The van der Waals surface area contributed by atoms with Gasteiger partial charge < -0.3 is 15.0 Å². The first-order chi connectivity index (χ1) is 15.0. The second-order valence-corrected chi connectivity index (χ2v) is 8.01. The molecule has 0 unspecified atom stereocenters. The van der Waals surface area contributed by atoms with Gasteiger partial charge in [-0.3, -0.25) is 14.5 Å². The van der Waals surface area contributed by atoms with Crippen LogP contribution in [-0.4, -0.2) is 60.9 Å². The van der Waals surface area contributed by atoms with Crippen molar-refractivity contribution in [2.24, 2.45) is 0 Å². The molecule has 6 heteroatoms. The summed E-state index contributed by atoms with van der Waals surface area (Å²) in [7, 11) is 0. The van der Waals surface area contributed by atoms with E-state index in [0.717, 1.165) is 28.1 Å². The van der Waals surface area contributed by atoms with Gasteiger partial charge in [0.1, 0.15) is 5.75 Å². The number of nitrogens with one attached hydrogen (secondary N) is 1. The Morgan fingerprint density at radius 3 is 2.32 bits per heavy atom. The van der Waals surface area contributed by atoms with E-state index in [1.807, 2.05) is 68.1 Å². The van der Waals surface area contributed by atoms with Crippen LogP contribution in [0.4, 0.5) is 5.69 Å². The Labute approximate surface area is 185 Å². The summed E-state index contributed by atoms with van der Waals surface area (Å²) in [5.41, 5.74) is 4.09. The lowest BCUT2D eigenvalue weighted by molar-refractivity contribution is -0.133. The van der Waals surface area contributed by atoms with E-state index in [1.165, 1.54) is 0 Å². The van der Waals surface area contributed by atoms with E-state index >= 15 is 0 Å². The summed E-state index contributed by atoms with van der Waals surface area (Å²) >= 11 is 0. The molecule has 1 aliphatic heterocycles. The van der Waals surface area contributed by atoms with E-state index in [2.05, 4.69) is 10.2 Å². The molecule has 0 aliphatic carbocycles. The Hall–Kier alpha value is -2.86. The van der Waals surface area contributed by atoms with E-state index in [9.17, 15) is 9.59 Å². The Morgan fingerprint density at radius 2 is 1.65 bits per heavy atom. The molecule has 0 saturated carbocycles. The number of carbonyl (C=O) groups excluding carboxylic acids is 2. The molecule has 0 atom stereocenters. The highest BCUT2D eigenvalue weighted by atomic mass is 16.5. The molecule has 0 aromatic heterocycles. The van der Waals surface area contributed by atoms with Gasteiger partial charge in [0.25, 0.3) is 0 Å². The largest absolute Gasteiger partial charge is 0.494 e. The molecule has 1 N–H and O–H groups in total. The van der Waals surface area contributed by atoms with E-state index in [4.69, 9.17) is 4.74 Å². The number of aryl methyl sites for hydroxylation is 3. The molecule has 2 aromatic carbocycles. The number of piperazine rings is 1. The summed E-state index contributed by atoms with van der Waals surface area (Å²) in [5.74, 6) is 1.01. The average Bonchev–Trinajstić information content (AvgIpc) is 2.76. The van der Waals surface area contributed by atoms with Crippen LogP contribution in [0.15, 0.2) is 42.5 Å². The van der Waals surface area contributed by atoms with E-state index in [0.29, 0.717) is 52.2 Å². The van der Waals surface area contributed by atoms with Gasteiger partial charge in [0.2, 0.25) is 11.8 Å². The first kappa shape index (κ1) is 22.8. The molecular weight excluding hydrogens is 390 g/mol. The number of hydrogen-bond acceptors (Lipinski definition) is 4. The van der Waals surface area contributed by atoms with Crippen LogP contribution in [0.3, 0.4) is 0 Å². The van der Waals surface area contributed by atoms with Crippen LogP contribution in [-0.2, 0) is 16.0 Å². The van der Waals surface area contributed by atoms with Crippen LogP contribution in [0.1, 0.15) is 30.0 Å². The minimum Gasteiger partial charge on any atom is -0.494 e. The summed E-state index contributed by atoms with van der Waals surface area (Å²) in [4.78, 5) is 29.2. The summed E-state index contributed by atoms with van der Waals surface area (Å²) in [6.07, 6.45) is 1.14. The smallest absolute Gasteiger partial charge is 0.238 e. The third-order valence-electron chi connectivity index (χ3n) is 5.72. The molecular formula is C25H33N3O3. The van der Waals surface area contributed by atoms with E-state index < -0.39 is 0 Å². The number of nitrogens with zero attached hydrogens (tertiary/aromatic N) is 2. The van der Waals surface area contributed by atoms with Crippen molar-refractivity contribution < 1.29 is 14.3 Å². The van der Waals surface area contributed by atoms with Crippen molar-refractivity contribution in [1.82, 2.24) is 9.80 Å². The van der Waals surface area contributed by atoms with Crippen molar-refractivity contribution in [2.75, 3.05) is 44.6 Å². The Kier molecular flexibility index (Phi) is 8.06. The molecule has 0 spiro atoms. The van der Waals surface area contributed by atoms with Crippen LogP contribution < -0.4 is 10.1 Å². The highest BCUT2D eigenvalue weighted by molar-refractivity contribution is 5.93. The first-order valence-corrected chi connectivity index (χ1v) is 11.0. The number of rotatable bonds is 8. The van der Waals surface area contributed by atoms with Crippen molar-refractivity contribution in [1.29, 1.82) is 0 Å². The number of carbonyl (C=O) groups is 2. The molecule has 1 heterocycles. The molecule has 3 rings (SSSR count). The quantitative estimate of drug-likeness (QED) is 0.707. The van der Waals surface area contributed by atoms with Gasteiger partial charge in [0, 0.05) is 38.3 Å². The predicted molar refractivity (Wildman–Crippen MR) is 123 cm³/mol. The van der Waals surface area contributed by atoms with Gasteiger partial charge in [-0.2, -0.15) is 0 Å². The van der Waals surface area contributed by atoms with Crippen LogP contribution >= 0.6 is 0 Å². The number of benzene rings is 2. The van der Waals surface area contributed by atoms with Gasteiger partial charge in [0.15, 0.2) is 0 Å². The van der Waals surface area contributed by atoms with Crippen molar-refractivity contribution in [3.8, 4) is 5.75 Å². The highest BCUT2D eigenvalue weighted by Crippen LogP contribution is 2.21. The fraction of sp³-hybridized carbons (Fsp3) is 0.440. The number of hydrogen-bond donors (Lipinski definition) is 1. The minimum atomic E-state index is -0.00953. The Bertz CT molecular complexity index is 884. The van der Waals surface area contributed by atoms with Crippen LogP contribution in [0.25, 0.3) is 0 Å². The maximum atomic E-state index is 12.7. The molecule has 31 heavy (non-hydrogen) atoms. The van der Waals surface area contributed by atoms with Crippen molar-refractivity contribution in [3.05, 3.63) is 59.2 Å². The number of para-hydroxylation sites is 2. The first-order valence-electron chi connectivity index (χ1n) is 11.0. The van der Waals surface area contributed by atoms with Crippen molar-refractivity contribution in [3.63, 3.8) is 0 Å². The van der Waals surface area contributed by atoms with Crippen molar-refractivity contribution in [2.45, 2.75) is 33.6 Å². The van der Waals surface area contributed by atoms with Gasteiger partial charge in [-0.1, -0.05) is 36.4 Å². The van der Waals surface area contributed by atoms with E-state index in [1.54, 1.807) is 0 Å². The third-order valence-corrected chi connectivity index (χ3v) is 5.72. The minimum absolute atomic E-state index is 0.00953. The topological polar surface area (TPSA) is 61.9 Å². The fourth-order valence-corrected chi connectivity index (χ4v) is 3.96. The van der Waals surface area contributed by atoms with Gasteiger partial charge in [-0.25, -0.2) is 0 Å². The summed E-state index contributed by atoms with van der Waals surface area (Å²) in [5, 5.41) is 3.04. The molecule has 166 valence electrons. The van der Waals surface area contributed by atoms with E-state index in [-0.39, 0.29) is 11.8 Å². The molecule has 2 aromatic rings. The standard InChI is InChI=1S/C25H33N3O3/c1-4-31-22-11-6-5-10-21(22)12-13-24(30)28-16-14-27(15-17-28)18-23(29)26-25-19(2)8-7-9-20(25)3/h5-11H,4,12-18H2,1-3H3,(H,26,29). The van der Waals surface area contributed by atoms with Gasteiger partial charge in [-0.05, 0) is 49.9 Å².